The third-order valence-electron chi connectivity index (χ3n) is 5.04. The minimum atomic E-state index is 0.0152. The predicted molar refractivity (Wildman–Crippen MR) is 107 cm³/mol. The SMILES string of the molecule is CC(C)C[C@H](C)N(C)C(=O)Cn1c2ccccc2c(=O)c2ccccc21. The van der Waals surface area contributed by atoms with Crippen molar-refractivity contribution in [2.75, 3.05) is 7.05 Å². The second kappa shape index (κ2) is 7.32. The third-order valence-corrected chi connectivity index (χ3v) is 5.04. The van der Waals surface area contributed by atoms with Gasteiger partial charge in [-0.3, -0.25) is 9.59 Å². The summed E-state index contributed by atoms with van der Waals surface area (Å²) in [6.07, 6.45) is 0.966. The van der Waals surface area contributed by atoms with Crippen molar-refractivity contribution in [2.45, 2.75) is 39.8 Å². The molecular weight excluding hydrogens is 324 g/mol. The van der Waals surface area contributed by atoms with Gasteiger partial charge in [0.05, 0.1) is 11.0 Å². The van der Waals surface area contributed by atoms with E-state index >= 15 is 0 Å². The molecule has 4 heteroatoms. The zero-order valence-electron chi connectivity index (χ0n) is 15.9. The number of rotatable bonds is 5. The number of carbonyl (C=O) groups is 1. The van der Waals surface area contributed by atoms with E-state index in [1.54, 1.807) is 0 Å². The molecule has 1 aromatic heterocycles. The summed E-state index contributed by atoms with van der Waals surface area (Å²) in [5.41, 5.74) is 1.62. The first-order valence-electron chi connectivity index (χ1n) is 9.16. The fourth-order valence-electron chi connectivity index (χ4n) is 3.58. The van der Waals surface area contributed by atoms with Gasteiger partial charge in [-0.1, -0.05) is 38.1 Å². The summed E-state index contributed by atoms with van der Waals surface area (Å²) in [5, 5.41) is 1.30. The summed E-state index contributed by atoms with van der Waals surface area (Å²) in [6.45, 7) is 6.63. The van der Waals surface area contributed by atoms with Gasteiger partial charge in [-0.15, -0.1) is 0 Å². The van der Waals surface area contributed by atoms with E-state index in [4.69, 9.17) is 0 Å². The molecule has 0 bridgehead atoms. The van der Waals surface area contributed by atoms with Gasteiger partial charge in [0.2, 0.25) is 5.91 Å². The Kier molecular flexibility index (Phi) is 5.12. The molecule has 1 heterocycles. The first-order valence-corrected chi connectivity index (χ1v) is 9.16. The van der Waals surface area contributed by atoms with Crippen LogP contribution in [-0.4, -0.2) is 28.5 Å². The maximum Gasteiger partial charge on any atom is 0.242 e. The molecule has 0 radical (unpaired) electrons. The zero-order valence-corrected chi connectivity index (χ0v) is 15.9. The fourth-order valence-corrected chi connectivity index (χ4v) is 3.58. The van der Waals surface area contributed by atoms with Gasteiger partial charge < -0.3 is 9.47 Å². The van der Waals surface area contributed by atoms with Crippen LogP contribution in [0.25, 0.3) is 21.8 Å². The molecule has 0 saturated heterocycles. The lowest BCUT2D eigenvalue weighted by molar-refractivity contribution is -0.132. The fraction of sp³-hybridized carbons (Fsp3) is 0.364. The smallest absolute Gasteiger partial charge is 0.242 e. The Morgan fingerprint density at radius 2 is 1.46 bits per heavy atom. The van der Waals surface area contributed by atoms with E-state index in [1.807, 2.05) is 65.0 Å². The van der Waals surface area contributed by atoms with Crippen LogP contribution in [0.2, 0.25) is 0 Å². The topological polar surface area (TPSA) is 42.3 Å². The number of pyridine rings is 1. The lowest BCUT2D eigenvalue weighted by Crippen LogP contribution is -2.38. The molecule has 0 fully saturated rings. The lowest BCUT2D eigenvalue weighted by atomic mass is 10.0. The second-order valence-electron chi connectivity index (χ2n) is 7.43. The first kappa shape index (κ1) is 18.2. The Hall–Kier alpha value is -2.62. The molecule has 26 heavy (non-hydrogen) atoms. The van der Waals surface area contributed by atoms with Crippen molar-refractivity contribution in [1.29, 1.82) is 0 Å². The minimum Gasteiger partial charge on any atom is -0.341 e. The number of hydrogen-bond acceptors (Lipinski definition) is 2. The number of hydrogen-bond donors (Lipinski definition) is 0. The standard InChI is InChI=1S/C22H26N2O2/c1-15(2)13-16(3)23(4)21(25)14-24-19-11-7-5-9-17(19)22(26)18-10-6-8-12-20(18)24/h5-12,15-16H,13-14H2,1-4H3/t16-/m0/s1. The van der Waals surface area contributed by atoms with Gasteiger partial charge in [-0.05, 0) is 43.5 Å². The van der Waals surface area contributed by atoms with Gasteiger partial charge in [-0.25, -0.2) is 0 Å². The maximum absolute atomic E-state index is 12.9. The summed E-state index contributed by atoms with van der Waals surface area (Å²) in [5.74, 6) is 0.589. The summed E-state index contributed by atoms with van der Waals surface area (Å²) >= 11 is 0. The number of likely N-dealkylation sites (N-methyl/N-ethyl adjacent to an activating group) is 1. The van der Waals surface area contributed by atoms with E-state index in [2.05, 4.69) is 20.8 Å². The highest BCUT2D eigenvalue weighted by Gasteiger charge is 2.19. The average Bonchev–Trinajstić information content (AvgIpc) is 2.63. The predicted octanol–water partition coefficient (Wildman–Crippen LogP) is 4.05. The van der Waals surface area contributed by atoms with Crippen molar-refractivity contribution in [3.63, 3.8) is 0 Å². The van der Waals surface area contributed by atoms with Crippen molar-refractivity contribution >= 4 is 27.7 Å². The van der Waals surface area contributed by atoms with Crippen LogP contribution in [-0.2, 0) is 11.3 Å². The highest BCUT2D eigenvalue weighted by atomic mass is 16.2. The molecule has 0 unspecified atom stereocenters. The highest BCUT2D eigenvalue weighted by Crippen LogP contribution is 2.20. The molecule has 1 amide bonds. The number of benzene rings is 2. The average molecular weight is 350 g/mol. The Bertz CT molecular complexity index is 944. The number of aromatic nitrogens is 1. The van der Waals surface area contributed by atoms with Crippen molar-refractivity contribution in [3.8, 4) is 0 Å². The van der Waals surface area contributed by atoms with Crippen molar-refractivity contribution in [3.05, 3.63) is 58.8 Å². The second-order valence-corrected chi connectivity index (χ2v) is 7.43. The van der Waals surface area contributed by atoms with Crippen LogP contribution in [0.3, 0.4) is 0 Å². The number of para-hydroxylation sites is 2. The molecule has 0 N–H and O–H groups in total. The van der Waals surface area contributed by atoms with E-state index in [1.165, 1.54) is 0 Å². The lowest BCUT2D eigenvalue weighted by Gasteiger charge is -2.27. The van der Waals surface area contributed by atoms with Crippen LogP contribution < -0.4 is 5.43 Å². The number of fused-ring (bicyclic) bond motifs is 2. The molecule has 0 aliphatic carbocycles. The highest BCUT2D eigenvalue weighted by molar-refractivity contribution is 5.94. The largest absolute Gasteiger partial charge is 0.341 e. The minimum absolute atomic E-state index is 0.0152. The number of amides is 1. The summed E-state index contributed by atoms with van der Waals surface area (Å²) < 4.78 is 1.97. The van der Waals surface area contributed by atoms with Gasteiger partial charge in [0.1, 0.15) is 6.54 Å². The monoisotopic (exact) mass is 350 g/mol. The van der Waals surface area contributed by atoms with Gasteiger partial charge in [0.25, 0.3) is 0 Å². The van der Waals surface area contributed by atoms with Gasteiger partial charge in [0, 0.05) is 23.9 Å². The quantitative estimate of drug-likeness (QED) is 0.652. The summed E-state index contributed by atoms with van der Waals surface area (Å²) in [7, 11) is 1.86. The molecule has 0 spiro atoms. The maximum atomic E-state index is 12.9. The van der Waals surface area contributed by atoms with Crippen LogP contribution in [0.1, 0.15) is 27.2 Å². The van der Waals surface area contributed by atoms with Crippen LogP contribution in [0.5, 0.6) is 0 Å². The number of carbonyl (C=O) groups excluding carboxylic acids is 1. The van der Waals surface area contributed by atoms with E-state index < -0.39 is 0 Å². The number of nitrogens with zero attached hydrogens (tertiary/aromatic N) is 2. The molecule has 4 nitrogen and oxygen atoms in total. The van der Waals surface area contributed by atoms with Crippen molar-refractivity contribution < 1.29 is 4.79 Å². The molecule has 2 aromatic carbocycles. The zero-order chi connectivity index (χ0) is 18.8. The Morgan fingerprint density at radius 3 is 1.96 bits per heavy atom. The van der Waals surface area contributed by atoms with E-state index in [0.29, 0.717) is 16.7 Å². The molecule has 3 rings (SSSR count). The van der Waals surface area contributed by atoms with Gasteiger partial charge >= 0.3 is 0 Å². The van der Waals surface area contributed by atoms with Gasteiger partial charge in [0.15, 0.2) is 5.43 Å². The van der Waals surface area contributed by atoms with E-state index in [-0.39, 0.29) is 23.9 Å². The normalized spacial score (nSPS) is 12.7. The van der Waals surface area contributed by atoms with Crippen LogP contribution in [0.15, 0.2) is 53.3 Å². The van der Waals surface area contributed by atoms with Crippen LogP contribution in [0.4, 0.5) is 0 Å². The van der Waals surface area contributed by atoms with E-state index in [0.717, 1.165) is 17.5 Å². The van der Waals surface area contributed by atoms with E-state index in [9.17, 15) is 9.59 Å². The third kappa shape index (κ3) is 3.36. The molecule has 0 saturated carbocycles. The summed E-state index contributed by atoms with van der Waals surface area (Å²) in [6, 6.07) is 15.2. The Morgan fingerprint density at radius 1 is 0.962 bits per heavy atom. The van der Waals surface area contributed by atoms with Crippen LogP contribution >= 0.6 is 0 Å². The Balaban J connectivity index is 2.08. The first-order chi connectivity index (χ1) is 12.4. The van der Waals surface area contributed by atoms with Gasteiger partial charge in [-0.2, -0.15) is 0 Å². The molecular formula is C22H26N2O2. The molecule has 0 aliphatic rings. The summed E-state index contributed by atoms with van der Waals surface area (Å²) in [4.78, 5) is 27.5. The molecule has 1 atom stereocenters. The van der Waals surface area contributed by atoms with Crippen LogP contribution in [0, 0.1) is 5.92 Å². The molecule has 3 aromatic rings. The molecule has 0 aliphatic heterocycles. The Labute approximate surface area is 154 Å². The van der Waals surface area contributed by atoms with Crippen molar-refractivity contribution in [2.24, 2.45) is 5.92 Å². The van der Waals surface area contributed by atoms with Crippen molar-refractivity contribution in [1.82, 2.24) is 9.47 Å². The molecule has 136 valence electrons.